The highest BCUT2D eigenvalue weighted by atomic mass is 16.2. The first kappa shape index (κ1) is 12.1. The van der Waals surface area contributed by atoms with Crippen molar-refractivity contribution >= 4 is 23.3 Å². The number of benzene rings is 1. The smallest absolute Gasteiger partial charge is 0.238 e. The van der Waals surface area contributed by atoms with Crippen molar-refractivity contribution in [2.75, 3.05) is 4.90 Å². The van der Waals surface area contributed by atoms with Gasteiger partial charge in [-0.05, 0) is 24.5 Å². The molecule has 19 heavy (non-hydrogen) atoms. The summed E-state index contributed by atoms with van der Waals surface area (Å²) in [7, 11) is 0. The molecule has 1 saturated carbocycles. The van der Waals surface area contributed by atoms with E-state index in [2.05, 4.69) is 0 Å². The summed E-state index contributed by atoms with van der Waals surface area (Å²) in [5, 5.41) is 0. The second-order valence-electron chi connectivity index (χ2n) is 5.90. The second-order valence-corrected chi connectivity index (χ2v) is 5.90. The van der Waals surface area contributed by atoms with Crippen LogP contribution in [0.2, 0.25) is 0 Å². The molecule has 2 fully saturated rings. The van der Waals surface area contributed by atoms with E-state index in [1.165, 1.54) is 11.8 Å². The molecule has 1 heterocycles. The standard InChI is InChI=1S/C15H15NO3/c1-8(17)9-5-4-6-10(7-9)16-13(18)11-12(14(16)19)15(11,2)3/h4-7,11-12H,1-3H3/t11-,12+. The van der Waals surface area contributed by atoms with Crippen molar-refractivity contribution in [3.8, 4) is 0 Å². The highest BCUT2D eigenvalue weighted by Gasteiger charge is 2.72. The lowest BCUT2D eigenvalue weighted by molar-refractivity contribution is -0.125. The summed E-state index contributed by atoms with van der Waals surface area (Å²) in [5.74, 6) is -0.741. The quantitative estimate of drug-likeness (QED) is 0.601. The molecule has 0 aromatic heterocycles. The topological polar surface area (TPSA) is 54.5 Å². The number of carbonyl (C=O) groups is 3. The number of anilines is 1. The Hall–Kier alpha value is -1.97. The fraction of sp³-hybridized carbons (Fsp3) is 0.400. The first-order chi connectivity index (χ1) is 8.85. The van der Waals surface area contributed by atoms with Gasteiger partial charge in [0.2, 0.25) is 11.8 Å². The fourth-order valence-electron chi connectivity index (χ4n) is 3.06. The van der Waals surface area contributed by atoms with E-state index in [-0.39, 0.29) is 34.8 Å². The molecule has 1 aromatic rings. The van der Waals surface area contributed by atoms with Gasteiger partial charge >= 0.3 is 0 Å². The van der Waals surface area contributed by atoms with Crippen LogP contribution >= 0.6 is 0 Å². The molecule has 1 saturated heterocycles. The number of nitrogens with zero attached hydrogens (tertiary/aromatic N) is 1. The molecule has 2 amide bonds. The van der Waals surface area contributed by atoms with Gasteiger partial charge in [0, 0.05) is 5.56 Å². The van der Waals surface area contributed by atoms with Crippen LogP contribution in [0.15, 0.2) is 24.3 Å². The third-order valence-electron chi connectivity index (χ3n) is 4.31. The predicted octanol–water partition coefficient (Wildman–Crippen LogP) is 2.03. The van der Waals surface area contributed by atoms with Crippen LogP contribution in [0.4, 0.5) is 5.69 Å². The van der Waals surface area contributed by atoms with Crippen LogP contribution in [-0.4, -0.2) is 17.6 Å². The van der Waals surface area contributed by atoms with E-state index in [1.807, 2.05) is 13.8 Å². The summed E-state index contributed by atoms with van der Waals surface area (Å²) in [5.41, 5.74) is 0.812. The lowest BCUT2D eigenvalue weighted by Crippen LogP contribution is -2.36. The summed E-state index contributed by atoms with van der Waals surface area (Å²) >= 11 is 0. The lowest BCUT2D eigenvalue weighted by atomic mass is 10.0. The number of Topliss-reactive ketones (excluding diaryl/α,β-unsaturated/α-hetero) is 1. The highest BCUT2D eigenvalue weighted by Crippen LogP contribution is 2.63. The molecular formula is C15H15NO3. The van der Waals surface area contributed by atoms with Gasteiger partial charge in [0.25, 0.3) is 0 Å². The maximum absolute atomic E-state index is 12.3. The molecule has 2 aliphatic rings. The molecule has 0 unspecified atom stereocenters. The zero-order valence-electron chi connectivity index (χ0n) is 11.1. The monoisotopic (exact) mass is 257 g/mol. The number of amides is 2. The Balaban J connectivity index is 1.97. The van der Waals surface area contributed by atoms with Crippen molar-refractivity contribution in [3.05, 3.63) is 29.8 Å². The van der Waals surface area contributed by atoms with E-state index in [4.69, 9.17) is 0 Å². The molecule has 0 radical (unpaired) electrons. The number of hydrogen-bond donors (Lipinski definition) is 0. The summed E-state index contributed by atoms with van der Waals surface area (Å²) in [4.78, 5) is 37.1. The largest absolute Gasteiger partial charge is 0.295 e. The van der Waals surface area contributed by atoms with Gasteiger partial charge in [-0.1, -0.05) is 26.0 Å². The maximum Gasteiger partial charge on any atom is 0.238 e. The Morgan fingerprint density at radius 1 is 1.16 bits per heavy atom. The maximum atomic E-state index is 12.3. The number of piperidine rings is 1. The normalized spacial score (nSPS) is 27.4. The highest BCUT2D eigenvalue weighted by molar-refractivity contribution is 6.25. The number of imide groups is 1. The molecule has 0 bridgehead atoms. The molecular weight excluding hydrogens is 242 g/mol. The molecule has 0 spiro atoms. The van der Waals surface area contributed by atoms with Crippen LogP contribution in [0.5, 0.6) is 0 Å². The van der Waals surface area contributed by atoms with Gasteiger partial charge in [-0.15, -0.1) is 0 Å². The van der Waals surface area contributed by atoms with Crippen molar-refractivity contribution in [2.24, 2.45) is 17.3 Å². The van der Waals surface area contributed by atoms with Crippen LogP contribution in [0.25, 0.3) is 0 Å². The zero-order chi connectivity index (χ0) is 13.9. The van der Waals surface area contributed by atoms with Gasteiger partial charge in [-0.2, -0.15) is 0 Å². The minimum absolute atomic E-state index is 0.0774. The van der Waals surface area contributed by atoms with Gasteiger partial charge in [-0.3, -0.25) is 14.4 Å². The number of carbonyl (C=O) groups excluding carboxylic acids is 3. The number of ketones is 1. The zero-order valence-corrected chi connectivity index (χ0v) is 11.1. The van der Waals surface area contributed by atoms with E-state index < -0.39 is 0 Å². The van der Waals surface area contributed by atoms with Gasteiger partial charge in [0.1, 0.15) is 0 Å². The average molecular weight is 257 g/mol. The number of rotatable bonds is 2. The van der Waals surface area contributed by atoms with Crippen LogP contribution in [0.1, 0.15) is 31.1 Å². The average Bonchev–Trinajstić information content (AvgIpc) is 2.79. The second kappa shape index (κ2) is 3.53. The van der Waals surface area contributed by atoms with Gasteiger partial charge in [-0.25, -0.2) is 4.90 Å². The summed E-state index contributed by atoms with van der Waals surface area (Å²) < 4.78 is 0. The van der Waals surface area contributed by atoms with Crippen LogP contribution < -0.4 is 4.90 Å². The summed E-state index contributed by atoms with van der Waals surface area (Å²) in [6, 6.07) is 6.68. The third kappa shape index (κ3) is 1.49. The molecule has 1 aliphatic heterocycles. The molecule has 3 rings (SSSR count). The van der Waals surface area contributed by atoms with E-state index in [9.17, 15) is 14.4 Å². The van der Waals surface area contributed by atoms with Crippen molar-refractivity contribution in [3.63, 3.8) is 0 Å². The Kier molecular flexibility index (Phi) is 2.24. The molecule has 1 aliphatic carbocycles. The molecule has 4 nitrogen and oxygen atoms in total. The van der Waals surface area contributed by atoms with Crippen molar-refractivity contribution < 1.29 is 14.4 Å². The van der Waals surface area contributed by atoms with Crippen molar-refractivity contribution in [2.45, 2.75) is 20.8 Å². The molecule has 4 heteroatoms. The van der Waals surface area contributed by atoms with Crippen LogP contribution in [0, 0.1) is 17.3 Å². The summed E-state index contributed by atoms with van der Waals surface area (Å²) in [6.07, 6.45) is 0. The van der Waals surface area contributed by atoms with Gasteiger partial charge < -0.3 is 0 Å². The minimum atomic E-state index is -0.206. The van der Waals surface area contributed by atoms with Crippen LogP contribution in [-0.2, 0) is 9.59 Å². The van der Waals surface area contributed by atoms with E-state index >= 15 is 0 Å². The predicted molar refractivity (Wildman–Crippen MR) is 69.7 cm³/mol. The van der Waals surface area contributed by atoms with Crippen molar-refractivity contribution in [1.29, 1.82) is 0 Å². The number of fused-ring (bicyclic) bond motifs is 1. The fourth-order valence-corrected chi connectivity index (χ4v) is 3.06. The first-order valence-corrected chi connectivity index (χ1v) is 6.34. The van der Waals surface area contributed by atoms with Gasteiger partial charge in [0.15, 0.2) is 5.78 Å². The van der Waals surface area contributed by atoms with E-state index in [0.717, 1.165) is 0 Å². The summed E-state index contributed by atoms with van der Waals surface area (Å²) in [6.45, 7) is 5.36. The SMILES string of the molecule is CC(=O)c1cccc(N2C(=O)[C@@H]3[C@H](C2=O)C3(C)C)c1. The van der Waals surface area contributed by atoms with E-state index in [1.54, 1.807) is 24.3 Å². The number of hydrogen-bond acceptors (Lipinski definition) is 3. The first-order valence-electron chi connectivity index (χ1n) is 6.34. The molecule has 2 atom stereocenters. The Bertz CT molecular complexity index is 594. The van der Waals surface area contributed by atoms with Crippen molar-refractivity contribution in [1.82, 2.24) is 0 Å². The minimum Gasteiger partial charge on any atom is -0.295 e. The molecule has 98 valence electrons. The van der Waals surface area contributed by atoms with Gasteiger partial charge in [0.05, 0.1) is 17.5 Å². The third-order valence-corrected chi connectivity index (χ3v) is 4.31. The lowest BCUT2D eigenvalue weighted by Gasteiger charge is -2.20. The molecule has 0 N–H and O–H groups in total. The Morgan fingerprint density at radius 2 is 1.74 bits per heavy atom. The van der Waals surface area contributed by atoms with Crippen LogP contribution in [0.3, 0.4) is 0 Å². The Labute approximate surface area is 111 Å². The van der Waals surface area contributed by atoms with E-state index in [0.29, 0.717) is 11.3 Å². The Morgan fingerprint density at radius 3 is 2.26 bits per heavy atom. The molecule has 1 aromatic carbocycles.